The Labute approximate surface area is 208 Å². The van der Waals surface area contributed by atoms with Gasteiger partial charge in [-0.25, -0.2) is 4.98 Å². The number of carbonyl (C=O) groups is 2. The van der Waals surface area contributed by atoms with E-state index in [0.29, 0.717) is 17.8 Å². The number of ether oxygens (including phenoxy) is 2. The molecule has 2 aliphatic heterocycles. The molecule has 0 aliphatic carbocycles. The number of amides is 2. The number of fused-ring (bicyclic) bond motifs is 2. The number of halogens is 4. The van der Waals surface area contributed by atoms with E-state index in [1.54, 1.807) is 12.1 Å². The minimum absolute atomic E-state index is 0.0705. The van der Waals surface area contributed by atoms with E-state index in [1.165, 1.54) is 24.4 Å². The van der Waals surface area contributed by atoms with Gasteiger partial charge in [-0.3, -0.25) is 9.59 Å². The van der Waals surface area contributed by atoms with E-state index < -0.39 is 29.6 Å². The molecule has 192 valence electrons. The Morgan fingerprint density at radius 1 is 0.973 bits per heavy atom. The lowest BCUT2D eigenvalue weighted by Crippen LogP contribution is -2.52. The van der Waals surface area contributed by atoms with E-state index in [1.807, 2.05) is 19.9 Å². The molecule has 0 saturated carbocycles. The fourth-order valence-electron chi connectivity index (χ4n) is 4.17. The van der Waals surface area contributed by atoms with Crippen molar-refractivity contribution < 1.29 is 36.6 Å². The summed E-state index contributed by atoms with van der Waals surface area (Å²) in [5, 5.41) is 8.37. The molecule has 0 atom stereocenters. The summed E-state index contributed by atoms with van der Waals surface area (Å²) in [6, 6.07) is 11.6. The Balaban J connectivity index is 1.37. The molecule has 2 amide bonds. The third-order valence-corrected chi connectivity index (χ3v) is 5.96. The van der Waals surface area contributed by atoms with Crippen LogP contribution in [0.4, 0.5) is 40.4 Å². The summed E-state index contributed by atoms with van der Waals surface area (Å²) in [4.78, 5) is 29.3. The number of rotatable bonds is 4. The summed E-state index contributed by atoms with van der Waals surface area (Å²) in [5.41, 5.74) is 1.85. The third kappa shape index (κ3) is 4.50. The van der Waals surface area contributed by atoms with Gasteiger partial charge in [0.2, 0.25) is 5.91 Å². The number of pyridine rings is 1. The van der Waals surface area contributed by atoms with E-state index in [0.717, 1.165) is 17.7 Å². The molecule has 3 aromatic rings. The third-order valence-electron chi connectivity index (χ3n) is 5.96. The summed E-state index contributed by atoms with van der Waals surface area (Å²) in [6.07, 6.45) is -7.94. The molecular formula is C25H20F4N4O4. The van der Waals surface area contributed by atoms with Crippen molar-refractivity contribution in [3.63, 3.8) is 0 Å². The average molecular weight is 516 g/mol. The Morgan fingerprint density at radius 2 is 1.68 bits per heavy atom. The van der Waals surface area contributed by atoms with Gasteiger partial charge in [-0.15, -0.1) is 0 Å². The van der Waals surface area contributed by atoms with Gasteiger partial charge in [0.1, 0.15) is 5.82 Å². The number of carbonyl (C=O) groups excluding carboxylic acids is 2. The van der Waals surface area contributed by atoms with Crippen molar-refractivity contribution in [2.45, 2.75) is 37.9 Å². The van der Waals surface area contributed by atoms with Gasteiger partial charge in [0.25, 0.3) is 5.91 Å². The summed E-state index contributed by atoms with van der Waals surface area (Å²) in [7, 11) is 0. The van der Waals surface area contributed by atoms with Gasteiger partial charge >= 0.3 is 12.2 Å². The minimum Gasteiger partial charge on any atom is -0.421 e. The number of hydrogen-bond acceptors (Lipinski definition) is 6. The van der Waals surface area contributed by atoms with Crippen molar-refractivity contribution in [3.8, 4) is 11.5 Å². The number of hydrogen-bond donors (Lipinski definition) is 3. The highest BCUT2D eigenvalue weighted by molar-refractivity contribution is 6.08. The predicted molar refractivity (Wildman–Crippen MR) is 126 cm³/mol. The second kappa shape index (κ2) is 8.36. The summed E-state index contributed by atoms with van der Waals surface area (Å²) >= 11 is 0. The van der Waals surface area contributed by atoms with Gasteiger partial charge in [-0.2, -0.15) is 17.6 Å². The minimum atomic E-state index is -4.86. The van der Waals surface area contributed by atoms with Crippen LogP contribution in [0.25, 0.3) is 0 Å². The lowest BCUT2D eigenvalue weighted by molar-refractivity contribution is -0.391. The highest BCUT2D eigenvalue weighted by atomic mass is 19.3. The highest BCUT2D eigenvalue weighted by Gasteiger charge is 2.65. The standard InChI is InChI=1S/C25H20F4N4O4/c1-23(2)12-20(34)33-17-10-13(5-7-16(17)23)32-22(35)15-4-3-9-30-21(15)31-14-6-8-18-19(11-14)37-25(28,29)24(26,27)36-18/h3-11H,12H2,1-2H3,(H,30,31)(H,32,35)(H,33,34). The van der Waals surface area contributed by atoms with E-state index in [2.05, 4.69) is 30.4 Å². The molecule has 8 nitrogen and oxygen atoms in total. The first-order chi connectivity index (χ1) is 17.3. The maximum Gasteiger partial charge on any atom is 0.507 e. The van der Waals surface area contributed by atoms with Crippen LogP contribution in [0.1, 0.15) is 36.2 Å². The molecule has 37 heavy (non-hydrogen) atoms. The zero-order chi connectivity index (χ0) is 26.6. The topological polar surface area (TPSA) is 102 Å². The molecule has 0 spiro atoms. The Morgan fingerprint density at radius 3 is 2.43 bits per heavy atom. The van der Waals surface area contributed by atoms with Crippen LogP contribution in [-0.2, 0) is 10.2 Å². The molecule has 3 N–H and O–H groups in total. The van der Waals surface area contributed by atoms with Crippen molar-refractivity contribution in [2.75, 3.05) is 16.0 Å². The Kier molecular flexibility index (Phi) is 5.50. The number of aromatic nitrogens is 1. The van der Waals surface area contributed by atoms with Crippen LogP contribution in [0.5, 0.6) is 11.5 Å². The summed E-state index contributed by atoms with van der Waals surface area (Å²) in [6.45, 7) is 3.92. The maximum atomic E-state index is 13.6. The first-order valence-electron chi connectivity index (χ1n) is 11.1. The molecule has 5 rings (SSSR count). The number of alkyl halides is 4. The lowest BCUT2D eigenvalue weighted by Gasteiger charge is -2.32. The molecule has 3 heterocycles. The largest absolute Gasteiger partial charge is 0.507 e. The Bertz CT molecular complexity index is 1430. The van der Waals surface area contributed by atoms with E-state index in [-0.39, 0.29) is 28.4 Å². The average Bonchev–Trinajstić information content (AvgIpc) is 2.79. The fourth-order valence-corrected chi connectivity index (χ4v) is 4.17. The number of nitrogens with zero attached hydrogens (tertiary/aromatic N) is 1. The molecule has 12 heteroatoms. The van der Waals surface area contributed by atoms with Crippen LogP contribution in [0.2, 0.25) is 0 Å². The van der Waals surface area contributed by atoms with Crippen molar-refractivity contribution >= 4 is 34.7 Å². The zero-order valence-corrected chi connectivity index (χ0v) is 19.5. The molecular weight excluding hydrogens is 496 g/mol. The number of nitrogens with one attached hydrogen (secondary N) is 3. The van der Waals surface area contributed by atoms with Crippen LogP contribution in [0.3, 0.4) is 0 Å². The van der Waals surface area contributed by atoms with Crippen LogP contribution in [0, 0.1) is 0 Å². The quantitative estimate of drug-likeness (QED) is 0.387. The maximum absolute atomic E-state index is 13.6. The smallest absolute Gasteiger partial charge is 0.421 e. The monoisotopic (exact) mass is 516 g/mol. The molecule has 2 aromatic carbocycles. The van der Waals surface area contributed by atoms with Gasteiger partial charge < -0.3 is 25.4 Å². The summed E-state index contributed by atoms with van der Waals surface area (Å²) in [5.74, 6) is -1.77. The molecule has 0 unspecified atom stereocenters. The first kappa shape index (κ1) is 24.3. The van der Waals surface area contributed by atoms with Crippen LogP contribution >= 0.6 is 0 Å². The second-order valence-corrected chi connectivity index (χ2v) is 9.25. The van der Waals surface area contributed by atoms with E-state index in [4.69, 9.17) is 0 Å². The molecule has 1 aromatic heterocycles. The van der Waals surface area contributed by atoms with Gasteiger partial charge in [0.05, 0.1) is 5.56 Å². The fraction of sp³-hybridized carbons (Fsp3) is 0.240. The molecule has 0 radical (unpaired) electrons. The number of anilines is 4. The Hall–Kier alpha value is -4.35. The summed E-state index contributed by atoms with van der Waals surface area (Å²) < 4.78 is 62.1. The normalized spacial score (nSPS) is 18.3. The zero-order valence-electron chi connectivity index (χ0n) is 19.5. The van der Waals surface area contributed by atoms with Crippen LogP contribution in [-0.4, -0.2) is 29.0 Å². The lowest BCUT2D eigenvalue weighted by atomic mass is 9.78. The van der Waals surface area contributed by atoms with Gasteiger partial charge in [0.15, 0.2) is 11.5 Å². The van der Waals surface area contributed by atoms with Gasteiger partial charge in [0, 0.05) is 41.2 Å². The molecule has 0 fully saturated rings. The molecule has 0 saturated heterocycles. The van der Waals surface area contributed by atoms with Gasteiger partial charge in [-0.05, 0) is 42.0 Å². The molecule has 2 aliphatic rings. The van der Waals surface area contributed by atoms with E-state index >= 15 is 0 Å². The molecule has 0 bridgehead atoms. The van der Waals surface area contributed by atoms with Crippen molar-refractivity contribution in [2.24, 2.45) is 0 Å². The van der Waals surface area contributed by atoms with Crippen molar-refractivity contribution in [3.05, 3.63) is 65.9 Å². The van der Waals surface area contributed by atoms with Crippen molar-refractivity contribution in [1.82, 2.24) is 4.98 Å². The predicted octanol–water partition coefficient (Wildman–Crippen LogP) is 5.65. The van der Waals surface area contributed by atoms with Crippen LogP contribution < -0.4 is 25.4 Å². The van der Waals surface area contributed by atoms with Gasteiger partial charge in [-0.1, -0.05) is 19.9 Å². The highest BCUT2D eigenvalue weighted by Crippen LogP contribution is 2.47. The van der Waals surface area contributed by atoms with Crippen LogP contribution in [0.15, 0.2) is 54.7 Å². The second-order valence-electron chi connectivity index (χ2n) is 9.25. The number of benzene rings is 2. The SMILES string of the molecule is CC1(C)CC(=O)Nc2cc(NC(=O)c3cccnc3Nc3ccc4c(c3)OC(F)(F)C(F)(F)O4)ccc21. The van der Waals surface area contributed by atoms with Crippen molar-refractivity contribution in [1.29, 1.82) is 0 Å². The first-order valence-corrected chi connectivity index (χ1v) is 11.1. The van der Waals surface area contributed by atoms with E-state index in [9.17, 15) is 27.2 Å².